The summed E-state index contributed by atoms with van der Waals surface area (Å²) < 4.78 is 0.984. The lowest BCUT2D eigenvalue weighted by atomic mass is 10.2. The number of anilines is 2. The van der Waals surface area contributed by atoms with Crippen LogP contribution in [0.15, 0.2) is 47.1 Å². The Labute approximate surface area is 130 Å². The number of para-hydroxylation sites is 1. The molecule has 3 rings (SSSR count). The van der Waals surface area contributed by atoms with Gasteiger partial charge in [-0.2, -0.15) is 0 Å². The number of hydrogen-bond acceptors (Lipinski definition) is 3. The third-order valence-electron chi connectivity index (χ3n) is 2.97. The number of hydrogen-bond donors (Lipinski definition) is 1. The van der Waals surface area contributed by atoms with Crippen LogP contribution in [0.25, 0.3) is 10.9 Å². The number of halogens is 2. The third kappa shape index (κ3) is 2.62. The zero-order valence-corrected chi connectivity index (χ0v) is 13.0. The van der Waals surface area contributed by atoms with Gasteiger partial charge in [-0.25, -0.2) is 9.97 Å². The molecular formula is C15H11BrClN3. The SMILES string of the molecule is Cc1cc(Nc2ccc3cccc(Cl)c3n2)ncc1Br. The zero-order valence-electron chi connectivity index (χ0n) is 10.7. The van der Waals surface area contributed by atoms with Crippen molar-refractivity contribution in [3.05, 3.63) is 57.7 Å². The molecule has 2 heterocycles. The Kier molecular flexibility index (Phi) is 3.59. The van der Waals surface area contributed by atoms with Crippen LogP contribution in [0.1, 0.15) is 5.56 Å². The first-order chi connectivity index (χ1) is 9.63. The highest BCUT2D eigenvalue weighted by Gasteiger charge is 2.04. The maximum atomic E-state index is 6.17. The van der Waals surface area contributed by atoms with Gasteiger partial charge in [0.25, 0.3) is 0 Å². The summed E-state index contributed by atoms with van der Waals surface area (Å²) in [6.07, 6.45) is 1.77. The van der Waals surface area contributed by atoms with E-state index in [0.717, 1.165) is 32.6 Å². The van der Waals surface area contributed by atoms with Gasteiger partial charge in [-0.3, -0.25) is 0 Å². The first kappa shape index (κ1) is 13.3. The lowest BCUT2D eigenvalue weighted by molar-refractivity contribution is 1.23. The van der Waals surface area contributed by atoms with Crippen LogP contribution in [-0.2, 0) is 0 Å². The molecule has 0 fully saturated rings. The van der Waals surface area contributed by atoms with E-state index in [-0.39, 0.29) is 0 Å². The minimum Gasteiger partial charge on any atom is -0.325 e. The number of aryl methyl sites for hydroxylation is 1. The van der Waals surface area contributed by atoms with Gasteiger partial charge >= 0.3 is 0 Å². The van der Waals surface area contributed by atoms with Crippen molar-refractivity contribution in [3.63, 3.8) is 0 Å². The van der Waals surface area contributed by atoms with Crippen LogP contribution in [0.4, 0.5) is 11.6 Å². The molecule has 0 aliphatic rings. The Hall–Kier alpha value is -1.65. The van der Waals surface area contributed by atoms with E-state index in [0.29, 0.717) is 5.02 Å². The molecule has 0 bridgehead atoms. The van der Waals surface area contributed by atoms with Crippen LogP contribution < -0.4 is 5.32 Å². The predicted octanol–water partition coefficient (Wildman–Crippen LogP) is 5.10. The number of benzene rings is 1. The average molecular weight is 349 g/mol. The fraction of sp³-hybridized carbons (Fsp3) is 0.0667. The minimum atomic E-state index is 0.645. The van der Waals surface area contributed by atoms with E-state index >= 15 is 0 Å². The van der Waals surface area contributed by atoms with Crippen LogP contribution in [0.5, 0.6) is 0 Å². The molecule has 5 heteroatoms. The maximum absolute atomic E-state index is 6.17. The quantitative estimate of drug-likeness (QED) is 0.700. The molecule has 3 nitrogen and oxygen atoms in total. The summed E-state index contributed by atoms with van der Waals surface area (Å²) in [5.74, 6) is 1.48. The summed E-state index contributed by atoms with van der Waals surface area (Å²) >= 11 is 9.60. The summed E-state index contributed by atoms with van der Waals surface area (Å²) in [6, 6.07) is 11.6. The Morgan fingerprint density at radius 2 is 2.00 bits per heavy atom. The average Bonchev–Trinajstić information content (AvgIpc) is 2.44. The topological polar surface area (TPSA) is 37.8 Å². The highest BCUT2D eigenvalue weighted by Crippen LogP contribution is 2.25. The van der Waals surface area contributed by atoms with Crippen molar-refractivity contribution in [2.24, 2.45) is 0 Å². The predicted molar refractivity (Wildman–Crippen MR) is 86.7 cm³/mol. The fourth-order valence-corrected chi connectivity index (χ4v) is 2.36. The second kappa shape index (κ2) is 5.38. The summed E-state index contributed by atoms with van der Waals surface area (Å²) in [5, 5.41) is 4.85. The molecule has 1 N–H and O–H groups in total. The molecule has 0 spiro atoms. The van der Waals surface area contributed by atoms with E-state index in [1.54, 1.807) is 6.20 Å². The maximum Gasteiger partial charge on any atom is 0.132 e. The summed E-state index contributed by atoms with van der Waals surface area (Å²) in [5.41, 5.74) is 1.90. The second-order valence-electron chi connectivity index (χ2n) is 4.45. The molecule has 0 saturated carbocycles. The van der Waals surface area contributed by atoms with Gasteiger partial charge in [0, 0.05) is 16.1 Å². The molecule has 3 aromatic rings. The van der Waals surface area contributed by atoms with Crippen molar-refractivity contribution in [1.82, 2.24) is 9.97 Å². The molecule has 0 saturated heterocycles. The van der Waals surface area contributed by atoms with Gasteiger partial charge in [-0.05, 0) is 52.7 Å². The zero-order chi connectivity index (χ0) is 14.1. The number of aromatic nitrogens is 2. The van der Waals surface area contributed by atoms with E-state index in [2.05, 4.69) is 31.2 Å². The molecule has 20 heavy (non-hydrogen) atoms. The van der Waals surface area contributed by atoms with Gasteiger partial charge in [0.15, 0.2) is 0 Å². The molecule has 0 aliphatic carbocycles. The standard InChI is InChI=1S/C15H11BrClN3/c1-9-7-14(18-8-11(9)16)19-13-6-5-10-3-2-4-12(17)15(10)20-13/h2-8H,1H3,(H,18,19,20). The second-order valence-corrected chi connectivity index (χ2v) is 5.71. The van der Waals surface area contributed by atoms with Gasteiger partial charge in [0.1, 0.15) is 11.6 Å². The van der Waals surface area contributed by atoms with Gasteiger partial charge in [0.2, 0.25) is 0 Å². The lowest BCUT2D eigenvalue weighted by Gasteiger charge is -2.08. The molecule has 100 valence electrons. The molecule has 0 atom stereocenters. The van der Waals surface area contributed by atoms with Crippen LogP contribution >= 0.6 is 27.5 Å². The normalized spacial score (nSPS) is 10.8. The fourth-order valence-electron chi connectivity index (χ4n) is 1.92. The van der Waals surface area contributed by atoms with Crippen LogP contribution in [0, 0.1) is 6.92 Å². The number of fused-ring (bicyclic) bond motifs is 1. The number of rotatable bonds is 2. The number of nitrogens with one attached hydrogen (secondary N) is 1. The van der Waals surface area contributed by atoms with E-state index in [1.807, 2.05) is 43.3 Å². The van der Waals surface area contributed by atoms with E-state index in [1.165, 1.54) is 0 Å². The Morgan fingerprint density at radius 1 is 1.15 bits per heavy atom. The third-order valence-corrected chi connectivity index (χ3v) is 4.11. The largest absolute Gasteiger partial charge is 0.325 e. The van der Waals surface area contributed by atoms with Crippen molar-refractivity contribution < 1.29 is 0 Å². The van der Waals surface area contributed by atoms with Gasteiger partial charge < -0.3 is 5.32 Å². The molecular weight excluding hydrogens is 338 g/mol. The van der Waals surface area contributed by atoms with Crippen molar-refractivity contribution >= 4 is 50.1 Å². The van der Waals surface area contributed by atoms with E-state index < -0.39 is 0 Å². The molecule has 0 radical (unpaired) electrons. The minimum absolute atomic E-state index is 0.645. The van der Waals surface area contributed by atoms with Gasteiger partial charge in [-0.15, -0.1) is 0 Å². The van der Waals surface area contributed by atoms with Crippen LogP contribution in [-0.4, -0.2) is 9.97 Å². The van der Waals surface area contributed by atoms with Crippen molar-refractivity contribution in [3.8, 4) is 0 Å². The molecule has 0 unspecified atom stereocenters. The van der Waals surface area contributed by atoms with Crippen LogP contribution in [0.2, 0.25) is 5.02 Å². The molecule has 0 aliphatic heterocycles. The highest BCUT2D eigenvalue weighted by atomic mass is 79.9. The van der Waals surface area contributed by atoms with Gasteiger partial charge in [0.05, 0.1) is 10.5 Å². The first-order valence-corrected chi connectivity index (χ1v) is 7.25. The van der Waals surface area contributed by atoms with Crippen LogP contribution in [0.3, 0.4) is 0 Å². The summed E-state index contributed by atoms with van der Waals surface area (Å²) in [7, 11) is 0. The monoisotopic (exact) mass is 347 g/mol. The highest BCUT2D eigenvalue weighted by molar-refractivity contribution is 9.10. The van der Waals surface area contributed by atoms with Gasteiger partial charge in [-0.1, -0.05) is 23.7 Å². The molecule has 2 aromatic heterocycles. The number of nitrogens with zero attached hydrogens (tertiary/aromatic N) is 2. The lowest BCUT2D eigenvalue weighted by Crippen LogP contribution is -1.97. The molecule has 1 aromatic carbocycles. The Bertz CT molecular complexity index is 789. The Morgan fingerprint density at radius 3 is 2.80 bits per heavy atom. The number of pyridine rings is 2. The summed E-state index contributed by atoms with van der Waals surface area (Å²) in [6.45, 7) is 2.02. The van der Waals surface area contributed by atoms with E-state index in [9.17, 15) is 0 Å². The smallest absolute Gasteiger partial charge is 0.132 e. The van der Waals surface area contributed by atoms with E-state index in [4.69, 9.17) is 11.6 Å². The summed E-state index contributed by atoms with van der Waals surface area (Å²) in [4.78, 5) is 8.83. The van der Waals surface area contributed by atoms with Crippen molar-refractivity contribution in [1.29, 1.82) is 0 Å². The first-order valence-electron chi connectivity index (χ1n) is 6.08. The van der Waals surface area contributed by atoms with Crippen molar-refractivity contribution in [2.45, 2.75) is 6.92 Å². The van der Waals surface area contributed by atoms with Crippen molar-refractivity contribution in [2.75, 3.05) is 5.32 Å². The molecule has 0 amide bonds. The Balaban J connectivity index is 1.98.